The Morgan fingerprint density at radius 1 is 1.24 bits per heavy atom. The van der Waals surface area contributed by atoms with Crippen molar-refractivity contribution in [3.05, 3.63) is 23.8 Å². The minimum Gasteiger partial charge on any atom is -0.493 e. The van der Waals surface area contributed by atoms with Crippen LogP contribution >= 0.6 is 0 Å². The van der Waals surface area contributed by atoms with Crippen molar-refractivity contribution in [1.29, 1.82) is 0 Å². The number of morpholine rings is 1. The first-order valence-corrected chi connectivity index (χ1v) is 7.48. The van der Waals surface area contributed by atoms with Crippen LogP contribution in [0.25, 0.3) is 0 Å². The number of carbonyl (C=O) groups excluding carboxylic acids is 1. The van der Waals surface area contributed by atoms with E-state index in [1.165, 1.54) is 0 Å². The van der Waals surface area contributed by atoms with Gasteiger partial charge in [-0.2, -0.15) is 0 Å². The summed E-state index contributed by atoms with van der Waals surface area (Å²) in [6.45, 7) is 7.53. The third-order valence-electron chi connectivity index (χ3n) is 3.35. The van der Waals surface area contributed by atoms with Crippen LogP contribution in [0.1, 0.15) is 23.7 Å². The van der Waals surface area contributed by atoms with E-state index in [0.29, 0.717) is 24.5 Å². The van der Waals surface area contributed by atoms with Crippen molar-refractivity contribution in [2.45, 2.75) is 13.3 Å². The second-order valence-electron chi connectivity index (χ2n) is 4.97. The van der Waals surface area contributed by atoms with Crippen molar-refractivity contribution in [2.75, 3.05) is 46.1 Å². The largest absolute Gasteiger partial charge is 0.493 e. The predicted octanol–water partition coefficient (Wildman–Crippen LogP) is 2.00. The fourth-order valence-corrected chi connectivity index (χ4v) is 2.16. The molecule has 0 aliphatic carbocycles. The molecule has 1 aromatic carbocycles. The molecule has 1 saturated heterocycles. The van der Waals surface area contributed by atoms with Crippen LogP contribution in [-0.4, -0.2) is 57.2 Å². The monoisotopic (exact) mass is 293 g/mol. The lowest BCUT2D eigenvalue weighted by atomic mass is 10.2. The predicted molar refractivity (Wildman–Crippen MR) is 80.4 cm³/mol. The maximum atomic E-state index is 11.1. The van der Waals surface area contributed by atoms with E-state index < -0.39 is 0 Å². The molecule has 1 aromatic rings. The van der Waals surface area contributed by atoms with Gasteiger partial charge in [0.1, 0.15) is 18.1 Å². The molecule has 0 amide bonds. The topological polar surface area (TPSA) is 48.0 Å². The lowest BCUT2D eigenvalue weighted by molar-refractivity contribution is 0.0322. The number of aldehydes is 1. The zero-order valence-corrected chi connectivity index (χ0v) is 12.5. The Bertz CT molecular complexity index is 444. The highest BCUT2D eigenvalue weighted by Crippen LogP contribution is 2.24. The lowest BCUT2D eigenvalue weighted by Gasteiger charge is -2.26. The SMILES string of the molecule is CCCOc1ccc(C=O)c(OCCN2CCOCC2)c1. The van der Waals surface area contributed by atoms with Gasteiger partial charge in [-0.1, -0.05) is 6.92 Å². The molecule has 0 N–H and O–H groups in total. The van der Waals surface area contributed by atoms with Crippen LogP contribution < -0.4 is 9.47 Å². The Kier molecular flexibility index (Phi) is 6.50. The molecule has 1 aliphatic heterocycles. The second-order valence-corrected chi connectivity index (χ2v) is 4.97. The maximum Gasteiger partial charge on any atom is 0.153 e. The molecule has 21 heavy (non-hydrogen) atoms. The van der Waals surface area contributed by atoms with Gasteiger partial charge in [-0.05, 0) is 18.6 Å². The second kappa shape index (κ2) is 8.64. The lowest BCUT2D eigenvalue weighted by Crippen LogP contribution is -2.38. The van der Waals surface area contributed by atoms with Gasteiger partial charge >= 0.3 is 0 Å². The van der Waals surface area contributed by atoms with Crippen molar-refractivity contribution < 1.29 is 19.0 Å². The van der Waals surface area contributed by atoms with Crippen molar-refractivity contribution in [1.82, 2.24) is 4.90 Å². The number of ether oxygens (including phenoxy) is 3. The first kappa shape index (κ1) is 15.8. The van der Waals surface area contributed by atoms with E-state index in [9.17, 15) is 4.79 Å². The van der Waals surface area contributed by atoms with E-state index in [0.717, 1.165) is 51.3 Å². The molecule has 116 valence electrons. The normalized spacial score (nSPS) is 15.7. The van der Waals surface area contributed by atoms with Gasteiger partial charge in [0.25, 0.3) is 0 Å². The van der Waals surface area contributed by atoms with E-state index in [1.807, 2.05) is 0 Å². The number of nitrogens with zero attached hydrogens (tertiary/aromatic N) is 1. The molecule has 0 radical (unpaired) electrons. The standard InChI is InChI=1S/C16H23NO4/c1-2-8-20-15-4-3-14(13-18)16(12-15)21-11-7-17-5-9-19-10-6-17/h3-4,12-13H,2,5-11H2,1H3. The summed E-state index contributed by atoms with van der Waals surface area (Å²) in [5.41, 5.74) is 0.556. The highest BCUT2D eigenvalue weighted by molar-refractivity contribution is 5.79. The molecule has 0 bridgehead atoms. The molecule has 1 aliphatic rings. The van der Waals surface area contributed by atoms with Crippen molar-refractivity contribution in [3.63, 3.8) is 0 Å². The summed E-state index contributed by atoms with van der Waals surface area (Å²) in [4.78, 5) is 13.4. The molecule has 0 unspecified atom stereocenters. The Morgan fingerprint density at radius 2 is 2.05 bits per heavy atom. The summed E-state index contributed by atoms with van der Waals surface area (Å²) in [7, 11) is 0. The number of benzene rings is 1. The van der Waals surface area contributed by atoms with Crippen LogP contribution in [0.15, 0.2) is 18.2 Å². The molecule has 0 aromatic heterocycles. The number of carbonyl (C=O) groups is 1. The molecule has 2 rings (SSSR count). The molecule has 0 saturated carbocycles. The number of hydrogen-bond donors (Lipinski definition) is 0. The van der Waals surface area contributed by atoms with Gasteiger partial charge in [0, 0.05) is 25.7 Å². The van der Waals surface area contributed by atoms with Crippen LogP contribution in [0.4, 0.5) is 0 Å². The minimum absolute atomic E-state index is 0.554. The summed E-state index contributed by atoms with van der Waals surface area (Å²) in [6, 6.07) is 5.33. The Labute approximate surface area is 125 Å². The van der Waals surface area contributed by atoms with E-state index >= 15 is 0 Å². The Morgan fingerprint density at radius 3 is 2.76 bits per heavy atom. The highest BCUT2D eigenvalue weighted by atomic mass is 16.5. The third-order valence-corrected chi connectivity index (χ3v) is 3.35. The van der Waals surface area contributed by atoms with Gasteiger partial charge in [0.05, 0.1) is 25.4 Å². The summed E-state index contributed by atoms with van der Waals surface area (Å²) in [5.74, 6) is 1.33. The van der Waals surface area contributed by atoms with Crippen LogP contribution in [-0.2, 0) is 4.74 Å². The molecule has 0 atom stereocenters. The molecule has 5 nitrogen and oxygen atoms in total. The molecule has 0 spiro atoms. The minimum atomic E-state index is 0.554. The molecule has 1 fully saturated rings. The smallest absolute Gasteiger partial charge is 0.153 e. The summed E-state index contributed by atoms with van der Waals surface area (Å²) < 4.78 is 16.6. The zero-order valence-electron chi connectivity index (χ0n) is 12.5. The van der Waals surface area contributed by atoms with Gasteiger partial charge < -0.3 is 14.2 Å². The Balaban J connectivity index is 1.88. The summed E-state index contributed by atoms with van der Waals surface area (Å²) in [5, 5.41) is 0. The van der Waals surface area contributed by atoms with Crippen LogP contribution in [0.5, 0.6) is 11.5 Å². The number of hydrogen-bond acceptors (Lipinski definition) is 5. The molecule has 1 heterocycles. The maximum absolute atomic E-state index is 11.1. The number of rotatable bonds is 8. The molecule has 5 heteroatoms. The van der Waals surface area contributed by atoms with Crippen LogP contribution in [0.2, 0.25) is 0 Å². The molecular formula is C16H23NO4. The summed E-state index contributed by atoms with van der Waals surface area (Å²) >= 11 is 0. The molecular weight excluding hydrogens is 270 g/mol. The van der Waals surface area contributed by atoms with Gasteiger partial charge in [0.15, 0.2) is 6.29 Å². The Hall–Kier alpha value is -1.59. The van der Waals surface area contributed by atoms with Crippen molar-refractivity contribution in [3.8, 4) is 11.5 Å². The fraction of sp³-hybridized carbons (Fsp3) is 0.562. The van der Waals surface area contributed by atoms with Gasteiger partial charge in [0.2, 0.25) is 0 Å². The average molecular weight is 293 g/mol. The van der Waals surface area contributed by atoms with Crippen molar-refractivity contribution >= 4 is 6.29 Å². The third kappa shape index (κ3) is 5.02. The van der Waals surface area contributed by atoms with E-state index in [2.05, 4.69) is 11.8 Å². The van der Waals surface area contributed by atoms with E-state index in [4.69, 9.17) is 14.2 Å². The average Bonchev–Trinajstić information content (AvgIpc) is 2.54. The van der Waals surface area contributed by atoms with Crippen LogP contribution in [0.3, 0.4) is 0 Å². The highest BCUT2D eigenvalue weighted by Gasteiger charge is 2.11. The van der Waals surface area contributed by atoms with Crippen molar-refractivity contribution in [2.24, 2.45) is 0 Å². The van der Waals surface area contributed by atoms with Gasteiger partial charge in [-0.3, -0.25) is 9.69 Å². The summed E-state index contributed by atoms with van der Waals surface area (Å²) in [6.07, 6.45) is 1.76. The van der Waals surface area contributed by atoms with Crippen LogP contribution in [0, 0.1) is 0 Å². The van der Waals surface area contributed by atoms with E-state index in [-0.39, 0.29) is 0 Å². The first-order chi connectivity index (χ1) is 10.3. The van der Waals surface area contributed by atoms with E-state index in [1.54, 1.807) is 18.2 Å². The van der Waals surface area contributed by atoms with Gasteiger partial charge in [-0.25, -0.2) is 0 Å². The van der Waals surface area contributed by atoms with Gasteiger partial charge in [-0.15, -0.1) is 0 Å². The fourth-order valence-electron chi connectivity index (χ4n) is 2.16. The quantitative estimate of drug-likeness (QED) is 0.686. The zero-order chi connectivity index (χ0) is 14.9. The first-order valence-electron chi connectivity index (χ1n) is 7.48.